The van der Waals surface area contributed by atoms with E-state index in [2.05, 4.69) is 54.5 Å². The molecule has 0 aliphatic heterocycles. The van der Waals surface area contributed by atoms with Gasteiger partial charge >= 0.3 is 0 Å². The summed E-state index contributed by atoms with van der Waals surface area (Å²) in [5.41, 5.74) is 2.89. The lowest BCUT2D eigenvalue weighted by Gasteiger charge is -2.69. The van der Waals surface area contributed by atoms with Crippen LogP contribution in [0.15, 0.2) is 11.6 Å². The fourth-order valence-corrected chi connectivity index (χ4v) is 10.7. The van der Waals surface area contributed by atoms with Gasteiger partial charge in [0.1, 0.15) is 5.78 Å². The van der Waals surface area contributed by atoms with Gasteiger partial charge in [-0.2, -0.15) is 0 Å². The van der Waals surface area contributed by atoms with E-state index in [0.717, 1.165) is 12.8 Å². The first kappa shape index (κ1) is 23.1. The van der Waals surface area contributed by atoms with Gasteiger partial charge in [0, 0.05) is 18.4 Å². The molecule has 0 heterocycles. The zero-order valence-corrected chi connectivity index (χ0v) is 21.9. The number of Topliss-reactive ketones (excluding diaryl/α,β-unsaturated/α-hetero) is 1. The van der Waals surface area contributed by atoms with Gasteiger partial charge in [-0.05, 0) is 103 Å². The number of aliphatic hydroxyl groups is 1. The SMILES string of the molecule is CC1(C)C(=O)CC[C@@]2(C)[C@@H]1CC[C@@]1(C)C3=CC[C@@]4(C)CC[C@@](C)(CO)C[C@H]4[C@]3(C)CC[C@H]21. The zero-order chi connectivity index (χ0) is 23.4. The molecule has 0 aromatic carbocycles. The Bertz CT molecular complexity index is 855. The standard InChI is InChI=1S/C30H48O2/c1-25(2)20-9-13-29(6)21-8-12-27(4)17-16-26(3,19-31)18-23(27)30(21,7)14-10-22(29)28(20,5)15-11-24(25)32/h8,20,22-23,31H,9-19H2,1-7H3/t20-,22-,23-,26-,27+,28+,29+,30-/m1/s1. The highest BCUT2D eigenvalue weighted by Crippen LogP contribution is 2.74. The maximum Gasteiger partial charge on any atom is 0.138 e. The molecule has 4 fully saturated rings. The Kier molecular flexibility index (Phi) is 4.87. The van der Waals surface area contributed by atoms with Crippen molar-refractivity contribution >= 4 is 5.78 Å². The summed E-state index contributed by atoms with van der Waals surface area (Å²) < 4.78 is 0. The van der Waals surface area contributed by atoms with Crippen molar-refractivity contribution in [2.45, 2.75) is 113 Å². The minimum atomic E-state index is -0.166. The summed E-state index contributed by atoms with van der Waals surface area (Å²) >= 11 is 0. The zero-order valence-electron chi connectivity index (χ0n) is 21.9. The Labute approximate surface area is 197 Å². The van der Waals surface area contributed by atoms with Crippen LogP contribution in [-0.4, -0.2) is 17.5 Å². The molecule has 0 saturated heterocycles. The van der Waals surface area contributed by atoms with E-state index in [1.807, 2.05) is 0 Å². The van der Waals surface area contributed by atoms with Crippen LogP contribution in [0.5, 0.6) is 0 Å². The van der Waals surface area contributed by atoms with Gasteiger partial charge in [0.05, 0.1) is 0 Å². The van der Waals surface area contributed by atoms with E-state index in [1.165, 1.54) is 51.4 Å². The number of allylic oxidation sites excluding steroid dienone is 2. The number of fused-ring (bicyclic) bond motifs is 7. The van der Waals surface area contributed by atoms with Crippen LogP contribution >= 0.6 is 0 Å². The van der Waals surface area contributed by atoms with E-state index in [4.69, 9.17) is 0 Å². The van der Waals surface area contributed by atoms with E-state index in [1.54, 1.807) is 5.57 Å². The first-order valence-electron chi connectivity index (χ1n) is 13.6. The van der Waals surface area contributed by atoms with Gasteiger partial charge in [0.25, 0.3) is 0 Å². The Balaban J connectivity index is 1.55. The molecule has 0 aromatic rings. The monoisotopic (exact) mass is 440 g/mol. The van der Waals surface area contributed by atoms with Crippen LogP contribution in [-0.2, 0) is 4.79 Å². The van der Waals surface area contributed by atoms with Crippen molar-refractivity contribution in [1.82, 2.24) is 0 Å². The molecular weight excluding hydrogens is 392 g/mol. The highest BCUT2D eigenvalue weighted by Gasteiger charge is 2.66. The predicted molar refractivity (Wildman–Crippen MR) is 131 cm³/mol. The fraction of sp³-hybridized carbons (Fsp3) is 0.900. The molecule has 0 aromatic heterocycles. The molecule has 8 atom stereocenters. The van der Waals surface area contributed by atoms with Crippen LogP contribution in [0.2, 0.25) is 0 Å². The molecule has 5 aliphatic rings. The van der Waals surface area contributed by atoms with Crippen molar-refractivity contribution in [3.05, 3.63) is 11.6 Å². The third-order valence-corrected chi connectivity index (χ3v) is 12.7. The van der Waals surface area contributed by atoms with Crippen LogP contribution in [0.3, 0.4) is 0 Å². The van der Waals surface area contributed by atoms with Crippen LogP contribution in [0.25, 0.3) is 0 Å². The number of ketones is 1. The lowest BCUT2D eigenvalue weighted by Crippen LogP contribution is -2.62. The van der Waals surface area contributed by atoms with Crippen LogP contribution < -0.4 is 0 Å². The molecule has 32 heavy (non-hydrogen) atoms. The van der Waals surface area contributed by atoms with E-state index in [0.29, 0.717) is 35.6 Å². The summed E-state index contributed by atoms with van der Waals surface area (Å²) in [6.45, 7) is 17.5. The second-order valence-electron chi connectivity index (χ2n) is 14.9. The van der Waals surface area contributed by atoms with Gasteiger partial charge in [-0.25, -0.2) is 0 Å². The summed E-state index contributed by atoms with van der Waals surface area (Å²) in [7, 11) is 0. The number of hydrogen-bond acceptors (Lipinski definition) is 2. The van der Waals surface area contributed by atoms with Crippen molar-refractivity contribution in [3.63, 3.8) is 0 Å². The summed E-state index contributed by atoms with van der Waals surface area (Å²) in [4.78, 5) is 12.9. The second-order valence-corrected chi connectivity index (χ2v) is 14.9. The number of rotatable bonds is 1. The maximum absolute atomic E-state index is 12.9. The largest absolute Gasteiger partial charge is 0.396 e. The number of carbonyl (C=O) groups excluding carboxylic acids is 1. The Morgan fingerprint density at radius 2 is 1.47 bits per heavy atom. The second kappa shape index (κ2) is 6.73. The quantitative estimate of drug-likeness (QED) is 0.433. The van der Waals surface area contributed by atoms with E-state index in [9.17, 15) is 9.90 Å². The molecule has 4 saturated carbocycles. The molecular formula is C30H48O2. The minimum absolute atomic E-state index is 0.0881. The van der Waals surface area contributed by atoms with Gasteiger partial charge in [0.2, 0.25) is 0 Å². The lowest BCUT2D eigenvalue weighted by atomic mass is 9.35. The van der Waals surface area contributed by atoms with E-state index >= 15 is 0 Å². The molecule has 0 bridgehead atoms. The van der Waals surface area contributed by atoms with Gasteiger partial charge < -0.3 is 5.11 Å². The number of carbonyl (C=O) groups is 1. The first-order valence-corrected chi connectivity index (χ1v) is 13.6. The van der Waals surface area contributed by atoms with Gasteiger partial charge in [-0.1, -0.05) is 60.1 Å². The first-order chi connectivity index (χ1) is 14.8. The Hall–Kier alpha value is -0.630. The summed E-state index contributed by atoms with van der Waals surface area (Å²) in [5.74, 6) is 2.40. The van der Waals surface area contributed by atoms with Gasteiger partial charge in [0.15, 0.2) is 0 Å². The molecule has 5 rings (SSSR count). The molecule has 5 aliphatic carbocycles. The topological polar surface area (TPSA) is 37.3 Å². The molecule has 0 unspecified atom stereocenters. The average molecular weight is 441 g/mol. The number of aliphatic hydroxyl groups excluding tert-OH is 1. The van der Waals surface area contributed by atoms with Crippen molar-refractivity contribution in [3.8, 4) is 0 Å². The smallest absolute Gasteiger partial charge is 0.138 e. The maximum atomic E-state index is 12.9. The molecule has 1 N–H and O–H groups in total. The minimum Gasteiger partial charge on any atom is -0.396 e. The highest BCUT2D eigenvalue weighted by molar-refractivity contribution is 5.85. The van der Waals surface area contributed by atoms with Crippen molar-refractivity contribution in [2.75, 3.05) is 6.61 Å². The van der Waals surface area contributed by atoms with Crippen LogP contribution in [0, 0.1) is 50.2 Å². The number of hydrogen-bond donors (Lipinski definition) is 1. The summed E-state index contributed by atoms with van der Waals surface area (Å²) in [6.07, 6.45) is 14.4. The molecule has 2 heteroatoms. The van der Waals surface area contributed by atoms with E-state index < -0.39 is 0 Å². The predicted octanol–water partition coefficient (Wildman–Crippen LogP) is 7.35. The Morgan fingerprint density at radius 1 is 0.844 bits per heavy atom. The lowest BCUT2D eigenvalue weighted by molar-refractivity contribution is -0.169. The molecule has 2 nitrogen and oxygen atoms in total. The third kappa shape index (κ3) is 2.77. The normalized spacial score (nSPS) is 54.6. The van der Waals surface area contributed by atoms with Gasteiger partial charge in [-0.15, -0.1) is 0 Å². The van der Waals surface area contributed by atoms with Gasteiger partial charge in [-0.3, -0.25) is 4.79 Å². The molecule has 0 amide bonds. The van der Waals surface area contributed by atoms with Crippen molar-refractivity contribution in [2.24, 2.45) is 50.2 Å². The van der Waals surface area contributed by atoms with Crippen LogP contribution in [0.4, 0.5) is 0 Å². The molecule has 180 valence electrons. The van der Waals surface area contributed by atoms with Crippen LogP contribution in [0.1, 0.15) is 113 Å². The molecule has 0 spiro atoms. The fourth-order valence-electron chi connectivity index (χ4n) is 10.7. The summed E-state index contributed by atoms with van der Waals surface area (Å²) in [5, 5.41) is 10.2. The third-order valence-electron chi connectivity index (χ3n) is 12.7. The van der Waals surface area contributed by atoms with Crippen molar-refractivity contribution in [1.29, 1.82) is 0 Å². The Morgan fingerprint density at radius 3 is 2.12 bits per heavy atom. The average Bonchev–Trinajstić information content (AvgIpc) is 2.72. The summed E-state index contributed by atoms with van der Waals surface area (Å²) in [6, 6.07) is 0. The van der Waals surface area contributed by atoms with Crippen molar-refractivity contribution < 1.29 is 9.90 Å². The molecule has 0 radical (unpaired) electrons. The highest BCUT2D eigenvalue weighted by atomic mass is 16.3. The van der Waals surface area contributed by atoms with E-state index in [-0.39, 0.29) is 27.1 Å².